The van der Waals surface area contributed by atoms with Gasteiger partial charge in [-0.2, -0.15) is 5.26 Å². The zero-order valence-corrected chi connectivity index (χ0v) is 10.9. The summed E-state index contributed by atoms with van der Waals surface area (Å²) in [5.74, 6) is 0.0709. The number of carbonyl (C=O) groups excluding carboxylic acids is 1. The fourth-order valence-electron chi connectivity index (χ4n) is 2.14. The number of rotatable bonds is 3. The summed E-state index contributed by atoms with van der Waals surface area (Å²) in [6, 6.07) is 8.12. The minimum absolute atomic E-state index is 0.0709. The molecule has 4 nitrogen and oxygen atoms in total. The highest BCUT2D eigenvalue weighted by molar-refractivity contribution is 6.01. The molecule has 0 bridgehead atoms. The number of carbonyl (C=O) groups is 1. The van der Waals surface area contributed by atoms with Gasteiger partial charge in [-0.1, -0.05) is 0 Å². The predicted octanol–water partition coefficient (Wildman–Crippen LogP) is 2.17. The lowest BCUT2D eigenvalue weighted by molar-refractivity contribution is -0.117. The van der Waals surface area contributed by atoms with E-state index in [1.807, 2.05) is 39.1 Å². The Labute approximate surface area is 107 Å². The first kappa shape index (κ1) is 12.4. The van der Waals surface area contributed by atoms with Crippen LogP contribution in [-0.2, 0) is 11.2 Å². The molecule has 0 aliphatic carbocycles. The van der Waals surface area contributed by atoms with Crippen LogP contribution in [0.5, 0.6) is 0 Å². The first-order valence-corrected chi connectivity index (χ1v) is 5.99. The Morgan fingerprint density at radius 2 is 2.22 bits per heavy atom. The molecular weight excluding hydrogens is 226 g/mol. The van der Waals surface area contributed by atoms with Gasteiger partial charge in [0.15, 0.2) is 0 Å². The molecule has 0 atom stereocenters. The quantitative estimate of drug-likeness (QED) is 0.885. The van der Waals surface area contributed by atoms with Gasteiger partial charge in [0.2, 0.25) is 5.91 Å². The third-order valence-corrected chi connectivity index (χ3v) is 3.16. The van der Waals surface area contributed by atoms with Crippen molar-refractivity contribution in [3.05, 3.63) is 23.8 Å². The number of hydrogen-bond acceptors (Lipinski definition) is 3. The van der Waals surface area contributed by atoms with Gasteiger partial charge in [-0.15, -0.1) is 0 Å². The summed E-state index contributed by atoms with van der Waals surface area (Å²) < 4.78 is 0. The second kappa shape index (κ2) is 4.34. The number of nitrogens with zero attached hydrogens (tertiary/aromatic N) is 2. The van der Waals surface area contributed by atoms with E-state index in [0.29, 0.717) is 13.0 Å². The second-order valence-electron chi connectivity index (χ2n) is 5.25. The molecule has 1 N–H and O–H groups in total. The smallest absolute Gasteiger partial charge is 0.231 e. The van der Waals surface area contributed by atoms with Gasteiger partial charge in [-0.25, -0.2) is 0 Å². The summed E-state index contributed by atoms with van der Waals surface area (Å²) in [5.41, 5.74) is 2.43. The van der Waals surface area contributed by atoms with Crippen molar-refractivity contribution in [2.24, 2.45) is 5.41 Å². The van der Waals surface area contributed by atoms with Crippen LogP contribution in [0.3, 0.4) is 0 Å². The molecule has 18 heavy (non-hydrogen) atoms. The third kappa shape index (κ3) is 2.17. The molecule has 0 unspecified atom stereocenters. The van der Waals surface area contributed by atoms with Crippen molar-refractivity contribution < 1.29 is 4.79 Å². The Bertz CT molecular complexity index is 528. The monoisotopic (exact) mass is 243 g/mol. The van der Waals surface area contributed by atoms with Gasteiger partial charge in [0.1, 0.15) is 0 Å². The van der Waals surface area contributed by atoms with Crippen LogP contribution in [0.4, 0.5) is 11.4 Å². The Morgan fingerprint density at radius 3 is 2.83 bits per heavy atom. The largest absolute Gasteiger partial charge is 0.388 e. The minimum atomic E-state index is -0.529. The lowest BCUT2D eigenvalue weighted by Crippen LogP contribution is -2.35. The Balaban J connectivity index is 2.32. The SMILES string of the molecule is CNc1ccc2c(c1)CC(=O)N2CC(C)(C)C#N. The summed E-state index contributed by atoms with van der Waals surface area (Å²) in [4.78, 5) is 13.7. The van der Waals surface area contributed by atoms with Crippen molar-refractivity contribution in [2.75, 3.05) is 23.8 Å². The molecule has 0 fully saturated rings. The molecule has 94 valence electrons. The van der Waals surface area contributed by atoms with Crippen molar-refractivity contribution in [3.8, 4) is 6.07 Å². The summed E-state index contributed by atoms with van der Waals surface area (Å²) in [6.07, 6.45) is 0.423. The highest BCUT2D eigenvalue weighted by Gasteiger charge is 2.32. The molecule has 0 spiro atoms. The molecule has 1 heterocycles. The lowest BCUT2D eigenvalue weighted by atomic mass is 9.95. The molecule has 4 heteroatoms. The van der Waals surface area contributed by atoms with E-state index in [0.717, 1.165) is 16.9 Å². The van der Waals surface area contributed by atoms with Crippen LogP contribution < -0.4 is 10.2 Å². The molecule has 0 saturated heterocycles. The van der Waals surface area contributed by atoms with E-state index in [4.69, 9.17) is 5.26 Å². The van der Waals surface area contributed by atoms with Crippen molar-refractivity contribution in [2.45, 2.75) is 20.3 Å². The van der Waals surface area contributed by atoms with Crippen LogP contribution in [0.25, 0.3) is 0 Å². The number of hydrogen-bond donors (Lipinski definition) is 1. The molecule has 0 aromatic heterocycles. The molecule has 0 saturated carbocycles. The molecular formula is C14H17N3O. The van der Waals surface area contributed by atoms with E-state index in [1.165, 1.54) is 0 Å². The Kier molecular flexibility index (Phi) is 3.00. The van der Waals surface area contributed by atoms with Crippen LogP contribution in [0.1, 0.15) is 19.4 Å². The zero-order chi connectivity index (χ0) is 13.3. The van der Waals surface area contributed by atoms with Gasteiger partial charge >= 0.3 is 0 Å². The zero-order valence-electron chi connectivity index (χ0n) is 10.9. The summed E-state index contributed by atoms with van der Waals surface area (Å²) >= 11 is 0. The maximum absolute atomic E-state index is 12.0. The summed E-state index contributed by atoms with van der Waals surface area (Å²) in [5, 5.41) is 12.1. The van der Waals surface area contributed by atoms with E-state index in [-0.39, 0.29) is 5.91 Å². The normalized spacial score (nSPS) is 14.3. The number of nitriles is 1. The van der Waals surface area contributed by atoms with Crippen LogP contribution in [0.2, 0.25) is 0 Å². The van der Waals surface area contributed by atoms with Crippen LogP contribution in [-0.4, -0.2) is 19.5 Å². The van der Waals surface area contributed by atoms with Crippen molar-refractivity contribution >= 4 is 17.3 Å². The minimum Gasteiger partial charge on any atom is -0.388 e. The van der Waals surface area contributed by atoms with E-state index in [9.17, 15) is 4.79 Å². The van der Waals surface area contributed by atoms with Crippen LogP contribution >= 0.6 is 0 Å². The maximum atomic E-state index is 12.0. The van der Waals surface area contributed by atoms with Gasteiger partial charge in [0.05, 0.1) is 17.9 Å². The van der Waals surface area contributed by atoms with Crippen molar-refractivity contribution in [3.63, 3.8) is 0 Å². The number of amides is 1. The first-order chi connectivity index (χ1) is 8.46. The maximum Gasteiger partial charge on any atom is 0.231 e. The Hall–Kier alpha value is -2.02. The molecule has 1 aliphatic rings. The van der Waals surface area contributed by atoms with Gasteiger partial charge in [-0.3, -0.25) is 4.79 Å². The molecule has 1 aromatic rings. The number of anilines is 2. The number of benzene rings is 1. The fourth-order valence-corrected chi connectivity index (χ4v) is 2.14. The van der Waals surface area contributed by atoms with Gasteiger partial charge in [0, 0.05) is 25.0 Å². The molecule has 1 aliphatic heterocycles. The average Bonchev–Trinajstić information content (AvgIpc) is 2.64. The fraction of sp³-hybridized carbons (Fsp3) is 0.429. The third-order valence-electron chi connectivity index (χ3n) is 3.16. The molecule has 0 radical (unpaired) electrons. The first-order valence-electron chi connectivity index (χ1n) is 5.99. The molecule has 1 aromatic carbocycles. The van der Waals surface area contributed by atoms with E-state index >= 15 is 0 Å². The van der Waals surface area contributed by atoms with Crippen LogP contribution in [0.15, 0.2) is 18.2 Å². The van der Waals surface area contributed by atoms with E-state index in [2.05, 4.69) is 11.4 Å². The van der Waals surface area contributed by atoms with Gasteiger partial charge < -0.3 is 10.2 Å². The van der Waals surface area contributed by atoms with Crippen molar-refractivity contribution in [1.82, 2.24) is 0 Å². The second-order valence-corrected chi connectivity index (χ2v) is 5.25. The van der Waals surface area contributed by atoms with Crippen molar-refractivity contribution in [1.29, 1.82) is 5.26 Å². The topological polar surface area (TPSA) is 56.1 Å². The predicted molar refractivity (Wildman–Crippen MR) is 71.4 cm³/mol. The summed E-state index contributed by atoms with van der Waals surface area (Å²) in [6.45, 7) is 4.13. The average molecular weight is 243 g/mol. The Morgan fingerprint density at radius 1 is 1.50 bits per heavy atom. The number of nitrogens with one attached hydrogen (secondary N) is 1. The van der Waals surface area contributed by atoms with E-state index < -0.39 is 5.41 Å². The highest BCUT2D eigenvalue weighted by atomic mass is 16.2. The van der Waals surface area contributed by atoms with Gasteiger partial charge in [0.25, 0.3) is 0 Å². The molecule has 1 amide bonds. The van der Waals surface area contributed by atoms with Gasteiger partial charge in [-0.05, 0) is 37.6 Å². The standard InChI is InChI=1S/C14H17N3O/c1-14(2,8-15)9-17-12-5-4-11(16-3)6-10(12)7-13(17)18/h4-6,16H,7,9H2,1-3H3. The molecule has 2 rings (SSSR count). The number of fused-ring (bicyclic) bond motifs is 1. The highest BCUT2D eigenvalue weighted by Crippen LogP contribution is 2.33. The van der Waals surface area contributed by atoms with E-state index in [1.54, 1.807) is 4.90 Å². The van der Waals surface area contributed by atoms with Crippen LogP contribution in [0, 0.1) is 16.7 Å². The lowest BCUT2D eigenvalue weighted by Gasteiger charge is -2.24. The summed E-state index contributed by atoms with van der Waals surface area (Å²) in [7, 11) is 1.86.